The second-order valence-electron chi connectivity index (χ2n) is 6.87. The third-order valence-electron chi connectivity index (χ3n) is 4.60. The fourth-order valence-electron chi connectivity index (χ4n) is 3.00. The monoisotopic (exact) mass is 444 g/mol. The Morgan fingerprint density at radius 1 is 1.16 bits per heavy atom. The Kier molecular flexibility index (Phi) is 5.83. The summed E-state index contributed by atoms with van der Waals surface area (Å²) < 4.78 is 7.30. The van der Waals surface area contributed by atoms with Gasteiger partial charge in [-0.1, -0.05) is 11.6 Å². The van der Waals surface area contributed by atoms with Gasteiger partial charge in [0, 0.05) is 16.9 Å². The summed E-state index contributed by atoms with van der Waals surface area (Å²) in [6.45, 7) is 3.60. The van der Waals surface area contributed by atoms with Crippen LogP contribution in [0.1, 0.15) is 27.6 Å². The molecule has 8 nitrogen and oxygen atoms in total. The number of nitrogens with one attached hydrogen (secondary N) is 1. The molecule has 0 saturated heterocycles. The van der Waals surface area contributed by atoms with Gasteiger partial charge in [-0.05, 0) is 74.0 Å². The van der Waals surface area contributed by atoms with Crippen molar-refractivity contribution in [1.82, 2.24) is 19.7 Å². The van der Waals surface area contributed by atoms with Crippen LogP contribution in [-0.2, 0) is 0 Å². The summed E-state index contributed by atoms with van der Waals surface area (Å²) in [5.74, 6) is 0.898. The Balaban J connectivity index is 1.51. The van der Waals surface area contributed by atoms with Crippen molar-refractivity contribution >= 4 is 23.2 Å². The molecule has 0 bridgehead atoms. The lowest BCUT2D eigenvalue weighted by Crippen LogP contribution is -2.15. The Morgan fingerprint density at radius 3 is 2.66 bits per heavy atom. The Morgan fingerprint density at radius 2 is 1.94 bits per heavy atom. The van der Waals surface area contributed by atoms with Crippen molar-refractivity contribution in [3.63, 3.8) is 0 Å². The van der Waals surface area contributed by atoms with Gasteiger partial charge in [-0.2, -0.15) is 5.26 Å². The first-order chi connectivity index (χ1) is 15.4. The van der Waals surface area contributed by atoms with E-state index in [2.05, 4.69) is 20.4 Å². The van der Waals surface area contributed by atoms with Gasteiger partial charge in [0.25, 0.3) is 5.91 Å². The van der Waals surface area contributed by atoms with Gasteiger partial charge < -0.3 is 10.1 Å². The average molecular weight is 445 g/mol. The van der Waals surface area contributed by atoms with Crippen LogP contribution in [0, 0.1) is 25.2 Å². The molecule has 4 aromatic rings. The highest BCUT2D eigenvalue weighted by molar-refractivity contribution is 6.30. The number of hydrogen-bond donors (Lipinski definition) is 1. The van der Waals surface area contributed by atoms with E-state index in [0.717, 1.165) is 11.3 Å². The highest BCUT2D eigenvalue weighted by atomic mass is 35.5. The van der Waals surface area contributed by atoms with Gasteiger partial charge in [0.05, 0.1) is 5.69 Å². The molecule has 0 aliphatic heterocycles. The smallest absolute Gasteiger partial charge is 0.295 e. The molecule has 9 heteroatoms. The number of anilines is 1. The van der Waals surface area contributed by atoms with Crippen LogP contribution in [0.15, 0.2) is 60.8 Å². The summed E-state index contributed by atoms with van der Waals surface area (Å²) in [5.41, 5.74) is 2.44. The summed E-state index contributed by atoms with van der Waals surface area (Å²) >= 11 is 5.94. The molecule has 32 heavy (non-hydrogen) atoms. The lowest BCUT2D eigenvalue weighted by atomic mass is 10.2. The van der Waals surface area contributed by atoms with Gasteiger partial charge in [0.1, 0.15) is 23.2 Å². The number of amides is 1. The van der Waals surface area contributed by atoms with E-state index in [0.29, 0.717) is 27.8 Å². The standard InChI is InChI=1S/C23H17ClN6O2/c1-14-12-19(32-23-16(13-25)4-3-11-26-23)9-10-20(14)28-22(31)21-27-15(2)30(29-21)18-7-5-17(24)6-8-18/h3-12H,1-2H3,(H,28,31). The highest BCUT2D eigenvalue weighted by Crippen LogP contribution is 2.27. The fourth-order valence-corrected chi connectivity index (χ4v) is 3.13. The number of carbonyl (C=O) groups excluding carboxylic acids is 1. The SMILES string of the molecule is Cc1cc(Oc2ncccc2C#N)ccc1NC(=O)c1nc(C)n(-c2ccc(Cl)cc2)n1. The summed E-state index contributed by atoms with van der Waals surface area (Å²) in [4.78, 5) is 21.1. The van der Waals surface area contributed by atoms with Crippen molar-refractivity contribution in [2.45, 2.75) is 13.8 Å². The topological polar surface area (TPSA) is 106 Å². The van der Waals surface area contributed by atoms with Crippen molar-refractivity contribution < 1.29 is 9.53 Å². The number of nitriles is 1. The second-order valence-corrected chi connectivity index (χ2v) is 7.31. The van der Waals surface area contributed by atoms with Crippen molar-refractivity contribution in [2.24, 2.45) is 0 Å². The third-order valence-corrected chi connectivity index (χ3v) is 4.85. The molecule has 1 N–H and O–H groups in total. The summed E-state index contributed by atoms with van der Waals surface area (Å²) in [5, 5.41) is 16.9. The largest absolute Gasteiger partial charge is 0.438 e. The van der Waals surface area contributed by atoms with Crippen molar-refractivity contribution in [3.8, 4) is 23.4 Å². The van der Waals surface area contributed by atoms with Crippen LogP contribution in [0.2, 0.25) is 5.02 Å². The van der Waals surface area contributed by atoms with Gasteiger partial charge in [0.2, 0.25) is 11.7 Å². The van der Waals surface area contributed by atoms with E-state index in [4.69, 9.17) is 16.3 Å². The van der Waals surface area contributed by atoms with E-state index in [1.165, 1.54) is 0 Å². The molecule has 2 aromatic heterocycles. The Bertz CT molecular complexity index is 1340. The number of aromatic nitrogens is 4. The molecule has 158 valence electrons. The van der Waals surface area contributed by atoms with Crippen LogP contribution in [0.4, 0.5) is 5.69 Å². The van der Waals surface area contributed by atoms with Crippen LogP contribution in [0.3, 0.4) is 0 Å². The first kappa shape index (κ1) is 21.0. The summed E-state index contributed by atoms with van der Waals surface area (Å²) in [6.07, 6.45) is 1.55. The normalized spacial score (nSPS) is 10.4. The molecule has 0 spiro atoms. The Hall–Kier alpha value is -4.22. The predicted molar refractivity (Wildman–Crippen MR) is 119 cm³/mol. The zero-order chi connectivity index (χ0) is 22.7. The second kappa shape index (κ2) is 8.88. The molecule has 0 aliphatic rings. The minimum atomic E-state index is -0.436. The van der Waals surface area contributed by atoms with Crippen LogP contribution < -0.4 is 10.1 Å². The molecule has 2 aromatic carbocycles. The molecule has 0 fully saturated rings. The van der Waals surface area contributed by atoms with E-state index in [1.54, 1.807) is 72.4 Å². The van der Waals surface area contributed by atoms with Crippen LogP contribution in [0.5, 0.6) is 11.6 Å². The Labute approximate surface area is 189 Å². The number of aryl methyl sites for hydroxylation is 2. The minimum Gasteiger partial charge on any atom is -0.438 e. The number of benzene rings is 2. The fraction of sp³-hybridized carbons (Fsp3) is 0.0870. The molecule has 0 aliphatic carbocycles. The first-order valence-electron chi connectivity index (χ1n) is 9.59. The van der Waals surface area contributed by atoms with Crippen molar-refractivity contribution in [2.75, 3.05) is 5.32 Å². The summed E-state index contributed by atoms with van der Waals surface area (Å²) in [7, 11) is 0. The van der Waals surface area contributed by atoms with Crippen LogP contribution in [-0.4, -0.2) is 25.7 Å². The van der Waals surface area contributed by atoms with Gasteiger partial charge in [-0.3, -0.25) is 4.79 Å². The molecule has 0 unspecified atom stereocenters. The highest BCUT2D eigenvalue weighted by Gasteiger charge is 2.17. The molecule has 0 radical (unpaired) electrons. The lowest BCUT2D eigenvalue weighted by Gasteiger charge is -2.10. The van der Waals surface area contributed by atoms with Crippen molar-refractivity contribution in [1.29, 1.82) is 5.26 Å². The number of rotatable bonds is 5. The molecular formula is C23H17ClN6O2. The maximum atomic E-state index is 12.7. The molecule has 0 saturated carbocycles. The van der Waals surface area contributed by atoms with Gasteiger partial charge in [-0.25, -0.2) is 14.6 Å². The van der Waals surface area contributed by atoms with E-state index in [1.807, 2.05) is 13.0 Å². The lowest BCUT2D eigenvalue weighted by molar-refractivity contribution is 0.101. The number of pyridine rings is 1. The minimum absolute atomic E-state index is 0.0457. The maximum absolute atomic E-state index is 12.7. The number of nitrogens with zero attached hydrogens (tertiary/aromatic N) is 5. The first-order valence-corrected chi connectivity index (χ1v) is 9.97. The van der Waals surface area contributed by atoms with Gasteiger partial charge in [-0.15, -0.1) is 5.10 Å². The van der Waals surface area contributed by atoms with E-state index < -0.39 is 5.91 Å². The van der Waals surface area contributed by atoms with E-state index >= 15 is 0 Å². The number of hydrogen-bond acceptors (Lipinski definition) is 6. The van der Waals surface area contributed by atoms with Crippen LogP contribution in [0.25, 0.3) is 5.69 Å². The maximum Gasteiger partial charge on any atom is 0.295 e. The van der Waals surface area contributed by atoms with Crippen molar-refractivity contribution in [3.05, 3.63) is 88.6 Å². The van der Waals surface area contributed by atoms with Gasteiger partial charge in [0.15, 0.2) is 0 Å². The predicted octanol–water partition coefficient (Wildman–Crippen LogP) is 4.85. The molecule has 2 heterocycles. The third kappa shape index (κ3) is 4.43. The number of carbonyl (C=O) groups is 1. The van der Waals surface area contributed by atoms with E-state index in [9.17, 15) is 10.1 Å². The quantitative estimate of drug-likeness (QED) is 0.471. The summed E-state index contributed by atoms with van der Waals surface area (Å²) in [6, 6.07) is 17.6. The number of ether oxygens (including phenoxy) is 1. The molecule has 4 rings (SSSR count). The average Bonchev–Trinajstić information content (AvgIpc) is 3.18. The molecule has 0 atom stereocenters. The molecular weight excluding hydrogens is 428 g/mol. The number of halogens is 1. The zero-order valence-electron chi connectivity index (χ0n) is 17.2. The molecule has 1 amide bonds. The van der Waals surface area contributed by atoms with E-state index in [-0.39, 0.29) is 11.7 Å². The van der Waals surface area contributed by atoms with Crippen LogP contribution >= 0.6 is 11.6 Å². The zero-order valence-corrected chi connectivity index (χ0v) is 18.0. The van der Waals surface area contributed by atoms with Gasteiger partial charge >= 0.3 is 0 Å².